The predicted molar refractivity (Wildman–Crippen MR) is 53.1 cm³/mol. The van der Waals surface area contributed by atoms with Crippen molar-refractivity contribution in [1.29, 1.82) is 0 Å². The molecular formula is C9H16NO4P. The van der Waals surface area contributed by atoms with Gasteiger partial charge in [0.25, 0.3) is 5.91 Å². The largest absolute Gasteiger partial charge is 0.483 e. The zero-order chi connectivity index (χ0) is 10.7. The molecule has 0 N–H and O–H groups in total. The third-order valence-corrected chi connectivity index (χ3v) is 5.08. The predicted octanol–water partition coefficient (Wildman–Crippen LogP) is 2.09. The van der Waals surface area contributed by atoms with Crippen LogP contribution in [0.1, 0.15) is 33.1 Å². The second-order valence-electron chi connectivity index (χ2n) is 4.62. The Bertz CT molecular complexity index is 337. The van der Waals surface area contributed by atoms with E-state index in [-0.39, 0.29) is 0 Å². The maximum absolute atomic E-state index is 11.6. The summed E-state index contributed by atoms with van der Waals surface area (Å²) in [6.45, 7) is 5.86. The van der Waals surface area contributed by atoms with E-state index in [4.69, 9.17) is 13.6 Å². The summed E-state index contributed by atoms with van der Waals surface area (Å²) < 4.78 is 27.8. The lowest BCUT2D eigenvalue weighted by Gasteiger charge is -2.41. The van der Waals surface area contributed by atoms with Gasteiger partial charge in [-0.15, -0.1) is 0 Å². The van der Waals surface area contributed by atoms with E-state index in [0.717, 1.165) is 32.4 Å². The van der Waals surface area contributed by atoms with Gasteiger partial charge in [0.2, 0.25) is 0 Å². The first-order valence-corrected chi connectivity index (χ1v) is 6.97. The van der Waals surface area contributed by atoms with Crippen molar-refractivity contribution in [2.24, 2.45) is 0 Å². The van der Waals surface area contributed by atoms with Gasteiger partial charge in [-0.05, 0) is 19.8 Å². The van der Waals surface area contributed by atoms with E-state index in [0.29, 0.717) is 0 Å². The minimum atomic E-state index is -3.16. The lowest BCUT2D eigenvalue weighted by molar-refractivity contribution is -0.274. The van der Waals surface area contributed by atoms with Gasteiger partial charge in [-0.2, -0.15) is 0 Å². The first-order chi connectivity index (χ1) is 7.04. The molecule has 1 spiro atoms. The molecule has 1 atom stereocenters. The number of likely N-dealkylation sites (tertiary alicyclic amines) is 1. The van der Waals surface area contributed by atoms with Crippen LogP contribution >= 0.6 is 7.82 Å². The van der Waals surface area contributed by atoms with Gasteiger partial charge in [-0.3, -0.25) is 4.52 Å². The monoisotopic (exact) mass is 233 g/mol. The zero-order valence-corrected chi connectivity index (χ0v) is 9.96. The van der Waals surface area contributed by atoms with Crippen molar-refractivity contribution in [1.82, 2.24) is 4.90 Å². The van der Waals surface area contributed by atoms with Gasteiger partial charge in [-0.25, -0.2) is 18.5 Å². The average Bonchev–Trinajstić information content (AvgIpc) is 2.57. The molecule has 4 heterocycles. The van der Waals surface area contributed by atoms with Crippen LogP contribution in [-0.2, 0) is 18.1 Å². The Morgan fingerprint density at radius 2 is 2.13 bits per heavy atom. The molecule has 4 aliphatic heterocycles. The summed E-state index contributed by atoms with van der Waals surface area (Å²) in [5.41, 5.74) is -0.531. The number of phosphoric acid groups is 1. The minimum Gasteiger partial charge on any atom is -0.273 e. The molecule has 6 heteroatoms. The first kappa shape index (κ1) is 10.2. The summed E-state index contributed by atoms with van der Waals surface area (Å²) in [5.74, 6) is -0.836. The fraction of sp³-hybridized carbons (Fsp3) is 1.00. The third-order valence-electron chi connectivity index (χ3n) is 3.51. The first-order valence-electron chi connectivity index (χ1n) is 5.51. The highest BCUT2D eigenvalue weighted by atomic mass is 31.2. The number of phosphoric ester groups is 1. The summed E-state index contributed by atoms with van der Waals surface area (Å²) >= 11 is 0. The average molecular weight is 233 g/mol. The van der Waals surface area contributed by atoms with Crippen LogP contribution in [0.15, 0.2) is 0 Å². The van der Waals surface area contributed by atoms with Crippen LogP contribution in [0.5, 0.6) is 0 Å². The van der Waals surface area contributed by atoms with Gasteiger partial charge in [0, 0.05) is 13.1 Å². The molecule has 0 aromatic rings. The Morgan fingerprint density at radius 1 is 1.40 bits per heavy atom. The smallest absolute Gasteiger partial charge is 0.273 e. The molecule has 0 aliphatic carbocycles. The summed E-state index contributed by atoms with van der Waals surface area (Å²) in [4.78, 5) is 2.11. The van der Waals surface area contributed by atoms with E-state index in [1.165, 1.54) is 0 Å². The van der Waals surface area contributed by atoms with Crippen LogP contribution in [0.4, 0.5) is 0 Å². The maximum Gasteiger partial charge on any atom is 0.483 e. The molecule has 86 valence electrons. The van der Waals surface area contributed by atoms with E-state index in [1.807, 2.05) is 6.92 Å². The van der Waals surface area contributed by atoms with Gasteiger partial charge in [0.1, 0.15) is 5.60 Å². The second kappa shape index (κ2) is 2.84. The van der Waals surface area contributed by atoms with Crippen molar-refractivity contribution in [2.45, 2.75) is 44.6 Å². The Kier molecular flexibility index (Phi) is 1.94. The highest BCUT2D eigenvalue weighted by Crippen LogP contribution is 2.80. The fourth-order valence-corrected chi connectivity index (χ4v) is 4.61. The molecule has 2 bridgehead atoms. The summed E-state index contributed by atoms with van der Waals surface area (Å²) in [7, 11) is -3.16. The number of nitrogens with zero attached hydrogens (tertiary/aromatic N) is 1. The lowest BCUT2D eigenvalue weighted by Crippen LogP contribution is -2.57. The van der Waals surface area contributed by atoms with E-state index in [1.54, 1.807) is 0 Å². The Labute approximate surface area is 89.3 Å². The minimum absolute atomic E-state index is 0.531. The maximum atomic E-state index is 11.6. The molecule has 1 unspecified atom stereocenters. The third kappa shape index (κ3) is 1.10. The summed E-state index contributed by atoms with van der Waals surface area (Å²) in [6, 6.07) is 0. The van der Waals surface area contributed by atoms with Crippen LogP contribution in [0.2, 0.25) is 0 Å². The van der Waals surface area contributed by atoms with Crippen LogP contribution in [0, 0.1) is 0 Å². The van der Waals surface area contributed by atoms with Gasteiger partial charge in [0.05, 0.1) is 0 Å². The van der Waals surface area contributed by atoms with Gasteiger partial charge in [-0.1, -0.05) is 13.3 Å². The number of hydrogen-bond donors (Lipinski definition) is 0. The van der Waals surface area contributed by atoms with Crippen LogP contribution < -0.4 is 0 Å². The van der Waals surface area contributed by atoms with Crippen molar-refractivity contribution < 1.29 is 18.1 Å². The molecule has 4 saturated heterocycles. The topological polar surface area (TPSA) is 48.0 Å². The van der Waals surface area contributed by atoms with Crippen LogP contribution in [-0.4, -0.2) is 29.5 Å². The molecule has 0 amide bonds. The Morgan fingerprint density at radius 3 is 2.80 bits per heavy atom. The number of hydrogen-bond acceptors (Lipinski definition) is 5. The Balaban J connectivity index is 1.83. The Hall–Kier alpha value is 0.0700. The molecule has 0 aromatic carbocycles. The highest BCUT2D eigenvalue weighted by molar-refractivity contribution is 7.50. The fourth-order valence-electron chi connectivity index (χ4n) is 2.60. The molecular weight excluding hydrogens is 217 g/mol. The quantitative estimate of drug-likeness (QED) is 0.698. The van der Waals surface area contributed by atoms with E-state index < -0.39 is 19.3 Å². The highest BCUT2D eigenvalue weighted by Gasteiger charge is 2.81. The van der Waals surface area contributed by atoms with Crippen molar-refractivity contribution >= 4 is 7.82 Å². The van der Waals surface area contributed by atoms with Crippen molar-refractivity contribution in [2.75, 3.05) is 13.1 Å². The van der Waals surface area contributed by atoms with E-state index >= 15 is 0 Å². The molecule has 0 radical (unpaired) electrons. The van der Waals surface area contributed by atoms with Crippen molar-refractivity contribution in [3.63, 3.8) is 0 Å². The normalized spacial score (nSPS) is 52.9. The van der Waals surface area contributed by atoms with E-state index in [9.17, 15) is 4.57 Å². The molecule has 4 rings (SSSR count). The summed E-state index contributed by atoms with van der Waals surface area (Å²) in [6.07, 6.45) is 3.04. The van der Waals surface area contributed by atoms with Gasteiger partial charge >= 0.3 is 7.82 Å². The van der Waals surface area contributed by atoms with Crippen molar-refractivity contribution in [3.05, 3.63) is 0 Å². The van der Waals surface area contributed by atoms with Crippen LogP contribution in [0.25, 0.3) is 0 Å². The molecule has 0 saturated carbocycles. The summed E-state index contributed by atoms with van der Waals surface area (Å²) in [5, 5.41) is 0. The molecule has 4 fully saturated rings. The number of rotatable bonds is 3. The number of unbranched alkanes of at least 4 members (excludes halogenated alkanes) is 1. The standard InChI is InChI=1S/C9H16NO4P/c1-3-4-6-10-7-5-8(2)9(10)13-15(11,12-8)14-9/h3-7H2,1-2H3. The SMILES string of the molecule is CCCCN1CCC2(C)OP3(=O)OC12O3. The molecule has 0 aromatic heterocycles. The van der Waals surface area contributed by atoms with E-state index in [2.05, 4.69) is 11.8 Å². The second-order valence-corrected chi connectivity index (χ2v) is 6.07. The zero-order valence-electron chi connectivity index (χ0n) is 9.06. The van der Waals surface area contributed by atoms with Crippen LogP contribution in [0.3, 0.4) is 0 Å². The van der Waals surface area contributed by atoms with Crippen molar-refractivity contribution in [3.8, 4) is 0 Å². The van der Waals surface area contributed by atoms with Gasteiger partial charge < -0.3 is 0 Å². The van der Waals surface area contributed by atoms with Gasteiger partial charge in [0.15, 0.2) is 0 Å². The lowest BCUT2D eigenvalue weighted by atomic mass is 10.0. The molecule has 15 heavy (non-hydrogen) atoms. The molecule has 5 nitrogen and oxygen atoms in total. The molecule has 4 aliphatic rings.